The molecule has 22 heavy (non-hydrogen) atoms. The molecule has 9 heteroatoms. The molecule has 1 aromatic carbocycles. The van der Waals surface area contributed by atoms with Crippen LogP contribution in [0, 0.1) is 6.92 Å². The van der Waals surface area contributed by atoms with Crippen molar-refractivity contribution in [3.05, 3.63) is 38.2 Å². The number of anilines is 1. The molecule has 1 heterocycles. The largest absolute Gasteiger partial charge is 0.493 e. The van der Waals surface area contributed by atoms with E-state index in [0.717, 1.165) is 5.56 Å². The molecule has 1 aromatic heterocycles. The second-order valence-electron chi connectivity index (χ2n) is 4.16. The first-order valence-corrected chi connectivity index (χ1v) is 6.99. The molecule has 8 nitrogen and oxygen atoms in total. The number of hydrogen-bond donors (Lipinski definition) is 2. The zero-order chi connectivity index (χ0) is 16.1. The quantitative estimate of drug-likeness (QED) is 0.615. The van der Waals surface area contributed by atoms with E-state index in [4.69, 9.17) is 9.47 Å². The number of aromatic amines is 1. The summed E-state index contributed by atoms with van der Waals surface area (Å²) in [6.45, 7) is 1.57. The summed E-state index contributed by atoms with van der Waals surface area (Å²) in [4.78, 5) is 13.9. The molecule has 0 aliphatic heterocycles. The third kappa shape index (κ3) is 3.42. The maximum Gasteiger partial charge on any atom is 0.274 e. The molecule has 2 aromatic rings. The Kier molecular flexibility index (Phi) is 5.10. The molecule has 0 saturated carbocycles. The first-order chi connectivity index (χ1) is 10.6. The Morgan fingerprint density at radius 3 is 2.73 bits per heavy atom. The summed E-state index contributed by atoms with van der Waals surface area (Å²) < 4.78 is 11.2. The Morgan fingerprint density at radius 1 is 1.32 bits per heavy atom. The van der Waals surface area contributed by atoms with E-state index in [2.05, 4.69) is 41.6 Å². The topological polar surface area (TPSA) is 101 Å². The molecular weight excluding hydrogens is 354 g/mol. The lowest BCUT2D eigenvalue weighted by Gasteiger charge is -2.10. The van der Waals surface area contributed by atoms with Crippen molar-refractivity contribution in [1.29, 1.82) is 0 Å². The number of nitrogens with zero attached hydrogens (tertiary/aromatic N) is 3. The van der Waals surface area contributed by atoms with Gasteiger partial charge >= 0.3 is 0 Å². The number of halogens is 1. The molecule has 0 spiro atoms. The summed E-state index contributed by atoms with van der Waals surface area (Å²) >= 11 is 3.43. The van der Waals surface area contributed by atoms with Crippen LogP contribution in [0.1, 0.15) is 11.3 Å². The molecule has 116 valence electrons. The van der Waals surface area contributed by atoms with Crippen molar-refractivity contribution < 1.29 is 9.47 Å². The van der Waals surface area contributed by atoms with Gasteiger partial charge in [-0.25, -0.2) is 5.43 Å². The number of hydrazone groups is 1. The minimum atomic E-state index is -0.319. The van der Waals surface area contributed by atoms with Crippen molar-refractivity contribution in [2.45, 2.75) is 6.92 Å². The highest BCUT2D eigenvalue weighted by molar-refractivity contribution is 9.10. The Hall–Kier alpha value is -2.42. The number of hydrogen-bond acceptors (Lipinski definition) is 7. The van der Waals surface area contributed by atoms with Crippen molar-refractivity contribution in [3.63, 3.8) is 0 Å². The average molecular weight is 368 g/mol. The number of H-pyrrole nitrogens is 1. The molecule has 0 saturated heterocycles. The summed E-state index contributed by atoms with van der Waals surface area (Å²) in [5.41, 5.74) is 3.33. The van der Waals surface area contributed by atoms with Crippen molar-refractivity contribution in [3.8, 4) is 11.5 Å². The Morgan fingerprint density at radius 2 is 2.09 bits per heavy atom. The molecule has 0 radical (unpaired) electrons. The van der Waals surface area contributed by atoms with Crippen molar-refractivity contribution >= 4 is 28.1 Å². The fraction of sp³-hybridized carbons (Fsp3) is 0.231. The summed E-state index contributed by atoms with van der Waals surface area (Å²) in [6, 6.07) is 3.57. The lowest BCUT2D eigenvalue weighted by atomic mass is 10.2. The number of rotatable bonds is 5. The zero-order valence-corrected chi connectivity index (χ0v) is 13.8. The van der Waals surface area contributed by atoms with Gasteiger partial charge in [-0.1, -0.05) is 0 Å². The fourth-order valence-corrected chi connectivity index (χ4v) is 2.20. The minimum absolute atomic E-state index is 0.156. The minimum Gasteiger partial charge on any atom is -0.493 e. The van der Waals surface area contributed by atoms with E-state index in [1.54, 1.807) is 39.5 Å². The molecule has 2 rings (SSSR count). The number of aromatic nitrogens is 3. The second kappa shape index (κ2) is 7.03. The summed E-state index contributed by atoms with van der Waals surface area (Å²) in [6.07, 6.45) is 1.55. The van der Waals surface area contributed by atoms with E-state index in [9.17, 15) is 4.79 Å². The maximum absolute atomic E-state index is 11.4. The van der Waals surface area contributed by atoms with Crippen LogP contribution in [0.5, 0.6) is 11.5 Å². The van der Waals surface area contributed by atoms with E-state index in [1.165, 1.54) is 0 Å². The lowest BCUT2D eigenvalue weighted by molar-refractivity contribution is 0.353. The Bertz CT molecular complexity index is 760. The molecule has 0 amide bonds. The van der Waals surface area contributed by atoms with E-state index < -0.39 is 0 Å². The first-order valence-electron chi connectivity index (χ1n) is 6.20. The van der Waals surface area contributed by atoms with Gasteiger partial charge in [0, 0.05) is 5.56 Å². The van der Waals surface area contributed by atoms with Crippen LogP contribution < -0.4 is 20.5 Å². The van der Waals surface area contributed by atoms with Crippen molar-refractivity contribution in [2.75, 3.05) is 19.6 Å². The predicted octanol–water partition coefficient (Wildman–Crippen LogP) is 1.70. The van der Waals surface area contributed by atoms with E-state index in [1.807, 2.05) is 0 Å². The van der Waals surface area contributed by atoms with Crippen LogP contribution >= 0.6 is 15.9 Å². The zero-order valence-electron chi connectivity index (χ0n) is 12.2. The summed E-state index contributed by atoms with van der Waals surface area (Å²) in [5.74, 6) is 1.33. The molecular formula is C13H14BrN5O3. The molecule has 0 fully saturated rings. The third-order valence-corrected chi connectivity index (χ3v) is 3.57. The molecule has 0 aliphatic rings. The highest BCUT2D eigenvalue weighted by Gasteiger charge is 2.11. The maximum atomic E-state index is 11.4. The summed E-state index contributed by atoms with van der Waals surface area (Å²) in [7, 11) is 3.11. The van der Waals surface area contributed by atoms with Gasteiger partial charge in [-0.05, 0) is 35.0 Å². The highest BCUT2D eigenvalue weighted by atomic mass is 79.9. The summed E-state index contributed by atoms with van der Waals surface area (Å²) in [5, 5.41) is 11.5. The van der Waals surface area contributed by atoms with Crippen LogP contribution in [0.2, 0.25) is 0 Å². The van der Waals surface area contributed by atoms with Crippen LogP contribution in [-0.2, 0) is 0 Å². The third-order valence-electron chi connectivity index (χ3n) is 2.75. The number of nitrogens with one attached hydrogen (secondary N) is 2. The molecule has 2 N–H and O–H groups in total. The van der Waals surface area contributed by atoms with Crippen LogP contribution in [0.15, 0.2) is 26.5 Å². The van der Waals surface area contributed by atoms with Crippen molar-refractivity contribution in [2.24, 2.45) is 5.10 Å². The van der Waals surface area contributed by atoms with Gasteiger partial charge in [0.05, 0.1) is 24.9 Å². The molecule has 0 atom stereocenters. The van der Waals surface area contributed by atoms with Crippen molar-refractivity contribution in [1.82, 2.24) is 15.2 Å². The van der Waals surface area contributed by atoms with E-state index in [0.29, 0.717) is 16.0 Å². The Balaban J connectivity index is 2.19. The average Bonchev–Trinajstić information content (AvgIpc) is 2.52. The normalized spacial score (nSPS) is 10.7. The van der Waals surface area contributed by atoms with Crippen LogP contribution in [0.25, 0.3) is 0 Å². The molecule has 0 unspecified atom stereocenters. The van der Waals surface area contributed by atoms with Gasteiger partial charge in [-0.15, -0.1) is 10.2 Å². The Labute approximate surface area is 134 Å². The van der Waals surface area contributed by atoms with Crippen LogP contribution in [0.3, 0.4) is 0 Å². The van der Waals surface area contributed by atoms with E-state index in [-0.39, 0.29) is 17.2 Å². The monoisotopic (exact) mass is 367 g/mol. The van der Waals surface area contributed by atoms with Gasteiger partial charge in [0.2, 0.25) is 5.95 Å². The van der Waals surface area contributed by atoms with Gasteiger partial charge in [-0.2, -0.15) is 5.10 Å². The van der Waals surface area contributed by atoms with Gasteiger partial charge in [0.1, 0.15) is 5.69 Å². The van der Waals surface area contributed by atoms with Gasteiger partial charge < -0.3 is 9.47 Å². The number of benzene rings is 1. The molecule has 0 aliphatic carbocycles. The van der Waals surface area contributed by atoms with E-state index >= 15 is 0 Å². The SMILES string of the molecule is COc1ccc(/C=N/Nc2nnc(C)c(=O)[nH]2)c(Br)c1OC. The van der Waals surface area contributed by atoms with Crippen LogP contribution in [-0.4, -0.2) is 35.6 Å². The number of aryl methyl sites for hydroxylation is 1. The standard InChI is InChI=1S/C13H14BrN5O3/c1-7-12(20)16-13(19-17-7)18-15-6-8-4-5-9(21-2)11(22-3)10(8)14/h4-6H,1-3H3,(H2,16,18,19,20)/b15-6+. The fourth-order valence-electron chi connectivity index (χ4n) is 1.61. The van der Waals surface area contributed by atoms with Crippen LogP contribution in [0.4, 0.5) is 5.95 Å². The number of methoxy groups -OCH3 is 2. The molecule has 0 bridgehead atoms. The lowest BCUT2D eigenvalue weighted by Crippen LogP contribution is -2.15. The van der Waals surface area contributed by atoms with Gasteiger partial charge in [0.15, 0.2) is 11.5 Å². The smallest absolute Gasteiger partial charge is 0.274 e. The highest BCUT2D eigenvalue weighted by Crippen LogP contribution is 2.36. The van der Waals surface area contributed by atoms with Gasteiger partial charge in [0.25, 0.3) is 5.56 Å². The van der Waals surface area contributed by atoms with Gasteiger partial charge in [-0.3, -0.25) is 9.78 Å². The number of ether oxygens (including phenoxy) is 2. The first kappa shape index (κ1) is 16.0. The predicted molar refractivity (Wildman–Crippen MR) is 85.9 cm³/mol. The second-order valence-corrected chi connectivity index (χ2v) is 4.96.